The summed E-state index contributed by atoms with van der Waals surface area (Å²) in [4.78, 5) is 13.6. The molecule has 1 heterocycles. The highest BCUT2D eigenvalue weighted by atomic mass is 19.1. The van der Waals surface area contributed by atoms with E-state index in [1.165, 1.54) is 18.2 Å². The lowest BCUT2D eigenvalue weighted by Crippen LogP contribution is -2.40. The minimum atomic E-state index is -0.556. The molecule has 16 heavy (non-hydrogen) atoms. The molecule has 0 aliphatic carbocycles. The van der Waals surface area contributed by atoms with Gasteiger partial charge < -0.3 is 9.64 Å². The van der Waals surface area contributed by atoms with E-state index in [2.05, 4.69) is 0 Å². The maximum absolute atomic E-state index is 13.2. The van der Waals surface area contributed by atoms with Crippen LogP contribution in [0, 0.1) is 5.82 Å². The monoisotopic (exact) mass is 219 g/mol. The molecule has 2 rings (SSSR count). The van der Waals surface area contributed by atoms with E-state index in [4.69, 9.17) is 12.6 Å². The molecule has 3 nitrogen and oxygen atoms in total. The highest BCUT2D eigenvalue weighted by Gasteiger charge is 2.18. The molecule has 0 N–H and O–H groups in total. The molecule has 1 aromatic rings. The van der Waals surface area contributed by atoms with Crippen molar-refractivity contribution in [1.82, 2.24) is 4.90 Å². The average Bonchev–Trinajstić information content (AvgIpc) is 2.33. The van der Waals surface area contributed by atoms with Crippen LogP contribution in [0.15, 0.2) is 18.2 Å². The molecule has 0 saturated carbocycles. The lowest BCUT2D eigenvalue weighted by atomic mass is 9.94. The third-order valence-corrected chi connectivity index (χ3v) is 2.55. The van der Waals surface area contributed by atoms with Crippen LogP contribution in [-0.4, -0.2) is 45.0 Å². The fraction of sp³-hybridized carbons (Fsp3) is 0.364. The molecule has 1 aromatic carbocycles. The minimum absolute atomic E-state index is 0.0542. The largest absolute Gasteiger partial charge is 0.378 e. The van der Waals surface area contributed by atoms with Crippen molar-refractivity contribution in [3.63, 3.8) is 0 Å². The number of amides is 1. The van der Waals surface area contributed by atoms with Gasteiger partial charge >= 0.3 is 0 Å². The summed E-state index contributed by atoms with van der Waals surface area (Å²) in [6.45, 7) is 2.15. The van der Waals surface area contributed by atoms with Crippen molar-refractivity contribution in [3.05, 3.63) is 29.6 Å². The molecule has 82 valence electrons. The van der Waals surface area contributed by atoms with Crippen LogP contribution >= 0.6 is 0 Å². The highest BCUT2D eigenvalue weighted by molar-refractivity contribution is 6.32. The zero-order chi connectivity index (χ0) is 11.5. The van der Waals surface area contributed by atoms with E-state index in [0.717, 1.165) is 0 Å². The van der Waals surface area contributed by atoms with Crippen molar-refractivity contribution in [2.75, 3.05) is 26.3 Å². The summed E-state index contributed by atoms with van der Waals surface area (Å²) in [5.74, 6) is -0.735. The first kappa shape index (κ1) is 11.1. The van der Waals surface area contributed by atoms with Gasteiger partial charge in [0.1, 0.15) is 13.7 Å². The third kappa shape index (κ3) is 2.24. The Morgan fingerprint density at radius 3 is 2.69 bits per heavy atom. The lowest BCUT2D eigenvalue weighted by molar-refractivity contribution is 0.0302. The lowest BCUT2D eigenvalue weighted by Gasteiger charge is -2.26. The second kappa shape index (κ2) is 4.66. The zero-order valence-corrected chi connectivity index (χ0v) is 8.78. The van der Waals surface area contributed by atoms with E-state index in [1.54, 1.807) is 4.90 Å². The predicted molar refractivity (Wildman–Crippen MR) is 58.5 cm³/mol. The molecule has 0 atom stereocenters. The van der Waals surface area contributed by atoms with E-state index < -0.39 is 5.82 Å². The summed E-state index contributed by atoms with van der Waals surface area (Å²) in [6.07, 6.45) is 0. The van der Waals surface area contributed by atoms with E-state index >= 15 is 0 Å². The van der Waals surface area contributed by atoms with Gasteiger partial charge in [0.05, 0.1) is 13.2 Å². The van der Waals surface area contributed by atoms with Gasteiger partial charge in [0, 0.05) is 18.7 Å². The topological polar surface area (TPSA) is 29.5 Å². The first-order valence-corrected chi connectivity index (χ1v) is 5.10. The van der Waals surface area contributed by atoms with Crippen molar-refractivity contribution in [1.29, 1.82) is 0 Å². The van der Waals surface area contributed by atoms with Gasteiger partial charge in [-0.3, -0.25) is 4.79 Å². The number of carbonyl (C=O) groups excluding carboxylic acids is 1. The number of nitrogens with zero attached hydrogens (tertiary/aromatic N) is 1. The Balaban J connectivity index is 2.16. The molecule has 1 aliphatic heterocycles. The van der Waals surface area contributed by atoms with Crippen LogP contribution in [0.1, 0.15) is 10.4 Å². The van der Waals surface area contributed by atoms with Crippen LogP contribution in [0.25, 0.3) is 0 Å². The third-order valence-electron chi connectivity index (χ3n) is 2.55. The first-order chi connectivity index (χ1) is 7.68. The Kier molecular flexibility index (Phi) is 3.24. The van der Waals surface area contributed by atoms with Gasteiger partial charge in [-0.05, 0) is 12.1 Å². The summed E-state index contributed by atoms with van der Waals surface area (Å²) < 4.78 is 18.3. The fourth-order valence-corrected chi connectivity index (χ4v) is 1.61. The van der Waals surface area contributed by atoms with Gasteiger partial charge in [-0.25, -0.2) is 4.39 Å². The Morgan fingerprint density at radius 1 is 1.38 bits per heavy atom. The van der Waals surface area contributed by atoms with E-state index in [0.29, 0.717) is 31.9 Å². The van der Waals surface area contributed by atoms with Crippen LogP contribution in [0.3, 0.4) is 0 Å². The van der Waals surface area contributed by atoms with Crippen molar-refractivity contribution in [2.24, 2.45) is 0 Å². The first-order valence-electron chi connectivity index (χ1n) is 5.10. The molecule has 0 aromatic heterocycles. The van der Waals surface area contributed by atoms with Crippen LogP contribution in [-0.2, 0) is 4.74 Å². The number of rotatable bonds is 1. The van der Waals surface area contributed by atoms with E-state index in [-0.39, 0.29) is 11.4 Å². The molecule has 1 amide bonds. The van der Waals surface area contributed by atoms with Crippen LogP contribution < -0.4 is 5.46 Å². The molecule has 1 saturated heterocycles. The number of hydrogen-bond acceptors (Lipinski definition) is 2. The van der Waals surface area contributed by atoms with Gasteiger partial charge in [-0.15, -0.1) is 0 Å². The van der Waals surface area contributed by atoms with Gasteiger partial charge in [-0.2, -0.15) is 0 Å². The number of morpholine rings is 1. The smallest absolute Gasteiger partial charge is 0.254 e. The normalized spacial score (nSPS) is 16.2. The van der Waals surface area contributed by atoms with E-state index in [1.807, 2.05) is 0 Å². The highest BCUT2D eigenvalue weighted by Crippen LogP contribution is 2.07. The van der Waals surface area contributed by atoms with Gasteiger partial charge in [-0.1, -0.05) is 11.5 Å². The summed E-state index contributed by atoms with van der Waals surface area (Å²) in [5, 5.41) is 0. The summed E-state index contributed by atoms with van der Waals surface area (Å²) in [5.41, 5.74) is 0.382. The Bertz CT molecular complexity index is 405. The molecule has 0 unspecified atom stereocenters. The van der Waals surface area contributed by atoms with Crippen molar-refractivity contribution >= 4 is 19.2 Å². The van der Waals surface area contributed by atoms with Crippen molar-refractivity contribution in [2.45, 2.75) is 0 Å². The van der Waals surface area contributed by atoms with Crippen LogP contribution in [0.2, 0.25) is 0 Å². The van der Waals surface area contributed by atoms with Crippen LogP contribution in [0.5, 0.6) is 0 Å². The van der Waals surface area contributed by atoms with Gasteiger partial charge in [0.25, 0.3) is 5.91 Å². The number of benzene rings is 1. The maximum Gasteiger partial charge on any atom is 0.254 e. The average molecular weight is 219 g/mol. The molecular weight excluding hydrogens is 208 g/mol. The Hall–Kier alpha value is -1.36. The second-order valence-corrected chi connectivity index (χ2v) is 3.64. The van der Waals surface area contributed by atoms with Crippen molar-refractivity contribution < 1.29 is 13.9 Å². The molecule has 1 fully saturated rings. The number of carbonyl (C=O) groups is 1. The molecule has 5 heteroatoms. The molecular formula is C11H11BFNO2. The zero-order valence-electron chi connectivity index (χ0n) is 8.78. The molecule has 1 aliphatic rings. The molecule has 0 bridgehead atoms. The number of halogens is 1. The van der Waals surface area contributed by atoms with E-state index in [9.17, 15) is 9.18 Å². The van der Waals surface area contributed by atoms with Crippen LogP contribution in [0.4, 0.5) is 4.39 Å². The molecule has 2 radical (unpaired) electrons. The maximum atomic E-state index is 13.2. The fourth-order valence-electron chi connectivity index (χ4n) is 1.61. The minimum Gasteiger partial charge on any atom is -0.378 e. The quantitative estimate of drug-likeness (QED) is 0.626. The summed E-state index contributed by atoms with van der Waals surface area (Å²) in [6, 6.07) is 4.12. The second-order valence-electron chi connectivity index (χ2n) is 3.64. The standard InChI is InChI=1S/C11H11BFNO2/c12-9-2-1-8(7-10(9)13)11(15)14-3-5-16-6-4-14/h1-2,7H,3-6H2. The Labute approximate surface area is 94.6 Å². The number of ether oxygens (including phenoxy) is 1. The van der Waals surface area contributed by atoms with Gasteiger partial charge in [0.15, 0.2) is 0 Å². The van der Waals surface area contributed by atoms with Gasteiger partial charge in [0.2, 0.25) is 0 Å². The predicted octanol–water partition coefficient (Wildman–Crippen LogP) is 0.0919. The molecule has 0 spiro atoms. The van der Waals surface area contributed by atoms with Crippen molar-refractivity contribution in [3.8, 4) is 0 Å². The summed E-state index contributed by atoms with van der Waals surface area (Å²) >= 11 is 0. The summed E-state index contributed by atoms with van der Waals surface area (Å²) in [7, 11) is 5.35. The SMILES string of the molecule is [B]c1ccc(C(=O)N2CCOCC2)cc1F. The number of hydrogen-bond donors (Lipinski definition) is 0. The Morgan fingerprint density at radius 2 is 2.06 bits per heavy atom.